The predicted octanol–water partition coefficient (Wildman–Crippen LogP) is 3.91. The lowest BCUT2D eigenvalue weighted by Crippen LogP contribution is -2.11. The summed E-state index contributed by atoms with van der Waals surface area (Å²) >= 11 is 5.96. The van der Waals surface area contributed by atoms with E-state index in [9.17, 15) is 5.11 Å². The van der Waals surface area contributed by atoms with E-state index in [1.807, 2.05) is 18.2 Å². The number of nitrogens with one attached hydrogen (secondary N) is 1. The van der Waals surface area contributed by atoms with Crippen LogP contribution in [0.5, 0.6) is 0 Å². The van der Waals surface area contributed by atoms with Crippen LogP contribution in [0.3, 0.4) is 0 Å². The van der Waals surface area contributed by atoms with Gasteiger partial charge in [0.2, 0.25) is 0 Å². The van der Waals surface area contributed by atoms with Crippen molar-refractivity contribution in [2.45, 2.75) is 18.3 Å². The van der Waals surface area contributed by atoms with E-state index in [4.69, 9.17) is 11.6 Å². The zero-order chi connectivity index (χ0) is 14.4. The molecule has 0 amide bonds. The Kier molecular flexibility index (Phi) is 2.81. The second-order valence-corrected chi connectivity index (χ2v) is 6.17. The van der Waals surface area contributed by atoms with Crippen molar-refractivity contribution in [3.05, 3.63) is 53.2 Å². The molecule has 0 atom stereocenters. The van der Waals surface area contributed by atoms with E-state index in [-0.39, 0.29) is 12.0 Å². The van der Waals surface area contributed by atoms with Crippen LogP contribution in [0.2, 0.25) is 5.15 Å². The van der Waals surface area contributed by atoms with Crippen LogP contribution >= 0.6 is 11.6 Å². The first-order valence-corrected chi connectivity index (χ1v) is 7.45. The van der Waals surface area contributed by atoms with Gasteiger partial charge in [0.1, 0.15) is 10.8 Å². The van der Waals surface area contributed by atoms with Crippen molar-refractivity contribution in [1.82, 2.24) is 9.97 Å². The lowest BCUT2D eigenvalue weighted by Gasteiger charge is -2.12. The normalized spacial score (nSPS) is 16.3. The van der Waals surface area contributed by atoms with Crippen LogP contribution in [0.15, 0.2) is 42.5 Å². The number of hydrogen-bond donors (Lipinski definition) is 2. The van der Waals surface area contributed by atoms with E-state index in [1.54, 1.807) is 0 Å². The SMILES string of the molecule is OCC1(c2ccc(-c3ccc4cc(Cl)[nH]c4n3)cc2)CC1. The minimum absolute atomic E-state index is 0.0168. The number of aromatic nitrogens is 2. The molecule has 2 heterocycles. The summed E-state index contributed by atoms with van der Waals surface area (Å²) in [5.41, 5.74) is 4.03. The lowest BCUT2D eigenvalue weighted by atomic mass is 9.95. The number of H-pyrrole nitrogens is 1. The number of benzene rings is 1. The largest absolute Gasteiger partial charge is 0.395 e. The van der Waals surface area contributed by atoms with Crippen molar-refractivity contribution >= 4 is 22.6 Å². The summed E-state index contributed by atoms with van der Waals surface area (Å²) < 4.78 is 0. The number of nitrogens with zero attached hydrogens (tertiary/aromatic N) is 1. The molecule has 3 nitrogen and oxygen atoms in total. The Morgan fingerprint density at radius 2 is 1.90 bits per heavy atom. The van der Waals surface area contributed by atoms with E-state index in [0.29, 0.717) is 5.15 Å². The van der Waals surface area contributed by atoms with Crippen LogP contribution in [-0.4, -0.2) is 21.7 Å². The Morgan fingerprint density at radius 3 is 2.57 bits per heavy atom. The number of rotatable bonds is 3. The molecule has 1 aromatic carbocycles. The van der Waals surface area contributed by atoms with Crippen molar-refractivity contribution in [1.29, 1.82) is 0 Å². The Hall–Kier alpha value is -1.84. The van der Waals surface area contributed by atoms with Gasteiger partial charge >= 0.3 is 0 Å². The van der Waals surface area contributed by atoms with Crippen molar-refractivity contribution in [3.8, 4) is 11.3 Å². The third kappa shape index (κ3) is 2.13. The number of pyridine rings is 1. The molecule has 0 aliphatic heterocycles. The van der Waals surface area contributed by atoms with Gasteiger partial charge in [-0.25, -0.2) is 4.98 Å². The fraction of sp³-hybridized carbons (Fsp3) is 0.235. The number of fused-ring (bicyclic) bond motifs is 1. The maximum absolute atomic E-state index is 9.49. The molecule has 2 aromatic heterocycles. The summed E-state index contributed by atoms with van der Waals surface area (Å²) in [7, 11) is 0. The quantitative estimate of drug-likeness (QED) is 0.770. The van der Waals surface area contributed by atoms with Gasteiger partial charge in [-0.3, -0.25) is 0 Å². The van der Waals surface area contributed by atoms with E-state index >= 15 is 0 Å². The molecule has 4 heteroatoms. The zero-order valence-corrected chi connectivity index (χ0v) is 12.2. The molecule has 21 heavy (non-hydrogen) atoms. The molecule has 0 bridgehead atoms. The highest BCUT2D eigenvalue weighted by Crippen LogP contribution is 2.47. The molecule has 0 saturated heterocycles. The Bertz CT molecular complexity index is 803. The van der Waals surface area contributed by atoms with Crippen molar-refractivity contribution in [3.63, 3.8) is 0 Å². The number of hydrogen-bond acceptors (Lipinski definition) is 2. The van der Waals surface area contributed by atoms with Crippen molar-refractivity contribution < 1.29 is 5.11 Å². The number of halogens is 1. The second-order valence-electron chi connectivity index (χ2n) is 5.77. The molecule has 2 N–H and O–H groups in total. The monoisotopic (exact) mass is 298 g/mol. The average molecular weight is 299 g/mol. The van der Waals surface area contributed by atoms with Crippen molar-refractivity contribution in [2.75, 3.05) is 6.61 Å². The zero-order valence-electron chi connectivity index (χ0n) is 11.4. The van der Waals surface area contributed by atoms with Gasteiger partial charge in [-0.2, -0.15) is 0 Å². The maximum Gasteiger partial charge on any atom is 0.139 e. The molecule has 0 unspecified atom stereocenters. The smallest absolute Gasteiger partial charge is 0.139 e. The van der Waals surface area contributed by atoms with Crippen LogP contribution in [0.4, 0.5) is 0 Å². The predicted molar refractivity (Wildman–Crippen MR) is 84.5 cm³/mol. The molecular weight excluding hydrogens is 284 g/mol. The molecule has 3 aromatic rings. The van der Waals surface area contributed by atoms with Gasteiger partial charge in [0.05, 0.1) is 12.3 Å². The third-order valence-electron chi connectivity index (χ3n) is 4.40. The molecular formula is C17H15ClN2O. The van der Waals surface area contributed by atoms with Gasteiger partial charge in [-0.05, 0) is 36.6 Å². The topological polar surface area (TPSA) is 48.9 Å². The van der Waals surface area contributed by atoms with Gasteiger partial charge in [0.15, 0.2) is 0 Å². The molecule has 4 rings (SSSR count). The molecule has 1 aliphatic rings. The first-order chi connectivity index (χ1) is 10.2. The van der Waals surface area contributed by atoms with Crippen LogP contribution in [0, 0.1) is 0 Å². The van der Waals surface area contributed by atoms with Gasteiger partial charge in [-0.15, -0.1) is 0 Å². The van der Waals surface area contributed by atoms with Crippen LogP contribution in [0.1, 0.15) is 18.4 Å². The van der Waals surface area contributed by atoms with Gasteiger partial charge in [0.25, 0.3) is 0 Å². The van der Waals surface area contributed by atoms with Gasteiger partial charge in [0, 0.05) is 16.4 Å². The fourth-order valence-corrected chi connectivity index (χ4v) is 3.02. The fourth-order valence-electron chi connectivity index (χ4n) is 2.82. The Morgan fingerprint density at radius 1 is 1.14 bits per heavy atom. The average Bonchev–Trinajstić information content (AvgIpc) is 3.22. The Labute approximate surface area is 127 Å². The lowest BCUT2D eigenvalue weighted by molar-refractivity contribution is 0.255. The molecule has 0 spiro atoms. The van der Waals surface area contributed by atoms with E-state index < -0.39 is 0 Å². The summed E-state index contributed by atoms with van der Waals surface area (Å²) in [5, 5.41) is 11.1. The minimum atomic E-state index is 0.0168. The molecule has 1 aliphatic carbocycles. The van der Waals surface area contributed by atoms with Crippen molar-refractivity contribution in [2.24, 2.45) is 0 Å². The summed E-state index contributed by atoms with van der Waals surface area (Å²) in [6.07, 6.45) is 2.15. The van der Waals surface area contributed by atoms with Crippen LogP contribution < -0.4 is 0 Å². The first-order valence-electron chi connectivity index (χ1n) is 7.07. The van der Waals surface area contributed by atoms with E-state index in [2.05, 4.69) is 34.2 Å². The molecule has 0 radical (unpaired) electrons. The number of aliphatic hydroxyl groups is 1. The summed E-state index contributed by atoms with van der Waals surface area (Å²) in [5.74, 6) is 0. The van der Waals surface area contributed by atoms with Gasteiger partial charge in [-0.1, -0.05) is 35.9 Å². The number of aliphatic hydroxyl groups excluding tert-OH is 1. The first kappa shape index (κ1) is 12.9. The minimum Gasteiger partial charge on any atom is -0.395 e. The van der Waals surface area contributed by atoms with Gasteiger partial charge < -0.3 is 10.1 Å². The highest BCUT2D eigenvalue weighted by atomic mass is 35.5. The second kappa shape index (κ2) is 4.58. The van der Waals surface area contributed by atoms with E-state index in [0.717, 1.165) is 35.1 Å². The highest BCUT2D eigenvalue weighted by molar-refractivity contribution is 6.30. The summed E-state index contributed by atoms with van der Waals surface area (Å²) in [6.45, 7) is 0.234. The Balaban J connectivity index is 1.71. The van der Waals surface area contributed by atoms with Crippen LogP contribution in [-0.2, 0) is 5.41 Å². The summed E-state index contributed by atoms with van der Waals surface area (Å²) in [4.78, 5) is 7.65. The standard InChI is InChI=1S/C17H15ClN2O/c18-15-9-12-3-6-14(19-16(12)20-15)11-1-4-13(5-2-11)17(10-21)7-8-17/h1-6,9,21H,7-8,10H2,(H,19,20). The number of aromatic amines is 1. The molecule has 1 fully saturated rings. The third-order valence-corrected chi connectivity index (χ3v) is 4.60. The van der Waals surface area contributed by atoms with Crippen LogP contribution in [0.25, 0.3) is 22.3 Å². The maximum atomic E-state index is 9.49. The molecule has 106 valence electrons. The molecule has 1 saturated carbocycles. The highest BCUT2D eigenvalue weighted by Gasteiger charge is 2.43. The van der Waals surface area contributed by atoms with E-state index in [1.165, 1.54) is 5.56 Å². The summed E-state index contributed by atoms with van der Waals surface area (Å²) in [6, 6.07) is 14.2.